The molecule has 1 aromatic heterocycles. The molecular formula is C20H22ClN5O3. The molecule has 0 saturated carbocycles. The van der Waals surface area contributed by atoms with Gasteiger partial charge in [-0.15, -0.1) is 0 Å². The molecule has 2 aliphatic heterocycles. The molecule has 2 aliphatic rings. The molecule has 1 saturated heterocycles. The van der Waals surface area contributed by atoms with E-state index in [0.717, 1.165) is 37.9 Å². The van der Waals surface area contributed by atoms with Gasteiger partial charge in [0, 0.05) is 30.2 Å². The fourth-order valence-corrected chi connectivity index (χ4v) is 3.92. The van der Waals surface area contributed by atoms with E-state index in [0.29, 0.717) is 16.7 Å². The lowest BCUT2D eigenvalue weighted by molar-refractivity contribution is -0.123. The van der Waals surface area contributed by atoms with E-state index in [-0.39, 0.29) is 23.7 Å². The maximum absolute atomic E-state index is 12.9. The molecule has 3 N–H and O–H groups in total. The molecule has 152 valence electrons. The standard InChI is InChI=1S/C20H22ClN5O3/c1-11-5-6-12(9-14(11)21)22-18(28)13-10-15(27)23-17-16(13)19(29)25-20(24-17)26-7-3-2-4-8-26/h5-6,9,13H,2-4,7-8,10H2,1H3,(H,22,28)(H2,23,24,25,27,29)/t13-/m1/s1. The van der Waals surface area contributed by atoms with Gasteiger partial charge in [-0.3, -0.25) is 19.4 Å². The molecule has 29 heavy (non-hydrogen) atoms. The summed E-state index contributed by atoms with van der Waals surface area (Å²) in [6.07, 6.45) is 3.08. The maximum atomic E-state index is 12.9. The number of halogens is 1. The van der Waals surface area contributed by atoms with Crippen LogP contribution in [0.15, 0.2) is 23.0 Å². The van der Waals surface area contributed by atoms with E-state index in [1.807, 2.05) is 11.8 Å². The molecular weight excluding hydrogens is 394 g/mol. The number of benzene rings is 1. The highest BCUT2D eigenvalue weighted by Gasteiger charge is 2.35. The van der Waals surface area contributed by atoms with Crippen LogP contribution in [-0.2, 0) is 9.59 Å². The number of nitrogens with zero attached hydrogens (tertiary/aromatic N) is 2. The number of H-pyrrole nitrogens is 1. The summed E-state index contributed by atoms with van der Waals surface area (Å²) in [5, 5.41) is 5.92. The van der Waals surface area contributed by atoms with Gasteiger partial charge in [0.15, 0.2) is 0 Å². The van der Waals surface area contributed by atoms with Crippen LogP contribution in [0, 0.1) is 6.92 Å². The van der Waals surface area contributed by atoms with Crippen molar-refractivity contribution in [3.63, 3.8) is 0 Å². The predicted molar refractivity (Wildman–Crippen MR) is 112 cm³/mol. The third-order valence-corrected chi connectivity index (χ3v) is 5.76. The Bertz CT molecular complexity index is 1030. The zero-order chi connectivity index (χ0) is 20.5. The van der Waals surface area contributed by atoms with Crippen LogP contribution in [0.3, 0.4) is 0 Å². The quantitative estimate of drug-likeness (QED) is 0.714. The van der Waals surface area contributed by atoms with E-state index in [1.54, 1.807) is 18.2 Å². The summed E-state index contributed by atoms with van der Waals surface area (Å²) < 4.78 is 0. The highest BCUT2D eigenvalue weighted by Crippen LogP contribution is 2.31. The predicted octanol–water partition coefficient (Wildman–Crippen LogP) is 2.79. The van der Waals surface area contributed by atoms with Gasteiger partial charge < -0.3 is 15.5 Å². The number of aryl methyl sites for hydroxylation is 1. The first-order valence-corrected chi connectivity index (χ1v) is 10.1. The molecule has 2 amide bonds. The van der Waals surface area contributed by atoms with Crippen LogP contribution in [0.25, 0.3) is 0 Å². The fourth-order valence-electron chi connectivity index (χ4n) is 3.74. The number of aromatic nitrogens is 2. The third kappa shape index (κ3) is 3.98. The molecule has 1 aromatic carbocycles. The maximum Gasteiger partial charge on any atom is 0.258 e. The lowest BCUT2D eigenvalue weighted by Gasteiger charge is -2.29. The molecule has 0 spiro atoms. The van der Waals surface area contributed by atoms with Gasteiger partial charge in [0.1, 0.15) is 5.82 Å². The number of hydrogen-bond donors (Lipinski definition) is 3. The van der Waals surface area contributed by atoms with Gasteiger partial charge in [0.2, 0.25) is 17.8 Å². The van der Waals surface area contributed by atoms with Gasteiger partial charge in [-0.05, 0) is 43.9 Å². The number of aromatic amines is 1. The number of nitrogens with one attached hydrogen (secondary N) is 3. The topological polar surface area (TPSA) is 107 Å². The normalized spacial score (nSPS) is 18.8. The molecule has 1 fully saturated rings. The molecule has 8 nitrogen and oxygen atoms in total. The fraction of sp³-hybridized carbons (Fsp3) is 0.400. The van der Waals surface area contributed by atoms with Crippen molar-refractivity contribution in [3.8, 4) is 0 Å². The average molecular weight is 416 g/mol. The van der Waals surface area contributed by atoms with Crippen molar-refractivity contribution >= 4 is 40.9 Å². The Balaban J connectivity index is 1.64. The molecule has 1 atom stereocenters. The minimum Gasteiger partial charge on any atom is -0.342 e. The minimum atomic E-state index is -0.925. The van der Waals surface area contributed by atoms with Crippen molar-refractivity contribution in [1.82, 2.24) is 9.97 Å². The molecule has 9 heteroatoms. The Kier molecular flexibility index (Phi) is 5.27. The Hall–Kier alpha value is -2.87. The minimum absolute atomic E-state index is 0.119. The number of fused-ring (bicyclic) bond motifs is 1. The molecule has 4 rings (SSSR count). The highest BCUT2D eigenvalue weighted by molar-refractivity contribution is 6.31. The van der Waals surface area contributed by atoms with Crippen LogP contribution in [-0.4, -0.2) is 34.9 Å². The van der Waals surface area contributed by atoms with E-state index < -0.39 is 17.4 Å². The second-order valence-corrected chi connectivity index (χ2v) is 7.86. The van der Waals surface area contributed by atoms with Crippen molar-refractivity contribution < 1.29 is 9.59 Å². The van der Waals surface area contributed by atoms with Crippen molar-refractivity contribution in [2.75, 3.05) is 28.6 Å². The van der Waals surface area contributed by atoms with Gasteiger partial charge >= 0.3 is 0 Å². The molecule has 0 unspecified atom stereocenters. The summed E-state index contributed by atoms with van der Waals surface area (Å²) in [7, 11) is 0. The van der Waals surface area contributed by atoms with Gasteiger partial charge in [-0.1, -0.05) is 17.7 Å². The Morgan fingerprint density at radius 2 is 2.00 bits per heavy atom. The van der Waals surface area contributed by atoms with E-state index in [9.17, 15) is 14.4 Å². The highest BCUT2D eigenvalue weighted by atomic mass is 35.5. The van der Waals surface area contributed by atoms with E-state index >= 15 is 0 Å². The number of piperidine rings is 1. The number of amides is 2. The van der Waals surface area contributed by atoms with Crippen LogP contribution >= 0.6 is 11.6 Å². The van der Waals surface area contributed by atoms with Crippen molar-refractivity contribution in [2.24, 2.45) is 0 Å². The SMILES string of the molecule is Cc1ccc(NC(=O)[C@@H]2CC(=O)Nc3nc(N4CCCCC4)[nH]c(=O)c32)cc1Cl. The van der Waals surface area contributed by atoms with Crippen LogP contribution in [0.1, 0.15) is 42.7 Å². The Labute approximate surface area is 172 Å². The van der Waals surface area contributed by atoms with Crippen molar-refractivity contribution in [1.29, 1.82) is 0 Å². The number of anilines is 3. The van der Waals surface area contributed by atoms with Crippen molar-refractivity contribution in [3.05, 3.63) is 44.7 Å². The Morgan fingerprint density at radius 3 is 2.72 bits per heavy atom. The van der Waals surface area contributed by atoms with E-state index in [2.05, 4.69) is 20.6 Å². The zero-order valence-electron chi connectivity index (χ0n) is 16.0. The van der Waals surface area contributed by atoms with Gasteiger partial charge in [0.05, 0.1) is 11.5 Å². The van der Waals surface area contributed by atoms with Crippen LogP contribution in [0.2, 0.25) is 5.02 Å². The zero-order valence-corrected chi connectivity index (χ0v) is 16.8. The van der Waals surface area contributed by atoms with Gasteiger partial charge in [-0.2, -0.15) is 4.98 Å². The van der Waals surface area contributed by atoms with Crippen LogP contribution < -0.4 is 21.1 Å². The summed E-state index contributed by atoms with van der Waals surface area (Å²) in [6.45, 7) is 3.46. The summed E-state index contributed by atoms with van der Waals surface area (Å²) in [5.74, 6) is -1.13. The molecule has 0 radical (unpaired) electrons. The Morgan fingerprint density at radius 1 is 1.24 bits per heavy atom. The molecule has 0 aliphatic carbocycles. The monoisotopic (exact) mass is 415 g/mol. The lowest BCUT2D eigenvalue weighted by atomic mass is 9.92. The number of rotatable bonds is 3. The summed E-state index contributed by atoms with van der Waals surface area (Å²) in [6, 6.07) is 5.16. The van der Waals surface area contributed by atoms with Gasteiger partial charge in [-0.25, -0.2) is 0 Å². The van der Waals surface area contributed by atoms with Crippen LogP contribution in [0.4, 0.5) is 17.5 Å². The summed E-state index contributed by atoms with van der Waals surface area (Å²) in [5.41, 5.74) is 1.17. The summed E-state index contributed by atoms with van der Waals surface area (Å²) in [4.78, 5) is 47.2. The molecule has 2 aromatic rings. The van der Waals surface area contributed by atoms with E-state index in [4.69, 9.17) is 11.6 Å². The smallest absolute Gasteiger partial charge is 0.258 e. The number of carbonyl (C=O) groups is 2. The van der Waals surface area contributed by atoms with Gasteiger partial charge in [0.25, 0.3) is 5.56 Å². The largest absolute Gasteiger partial charge is 0.342 e. The first kappa shape index (κ1) is 19.4. The number of hydrogen-bond acceptors (Lipinski definition) is 5. The first-order valence-electron chi connectivity index (χ1n) is 9.68. The van der Waals surface area contributed by atoms with Crippen LogP contribution in [0.5, 0.6) is 0 Å². The lowest BCUT2D eigenvalue weighted by Crippen LogP contribution is -2.38. The first-order chi connectivity index (χ1) is 13.9. The van der Waals surface area contributed by atoms with E-state index in [1.165, 1.54) is 0 Å². The van der Waals surface area contributed by atoms with Crippen molar-refractivity contribution in [2.45, 2.75) is 38.5 Å². The number of carbonyl (C=O) groups excluding carboxylic acids is 2. The average Bonchev–Trinajstić information content (AvgIpc) is 2.70. The second kappa shape index (κ2) is 7.87. The molecule has 3 heterocycles. The summed E-state index contributed by atoms with van der Waals surface area (Å²) >= 11 is 6.12. The molecule has 0 bridgehead atoms. The third-order valence-electron chi connectivity index (χ3n) is 5.35. The second-order valence-electron chi connectivity index (χ2n) is 7.46.